The number of aryl methyl sites for hydroxylation is 1. The summed E-state index contributed by atoms with van der Waals surface area (Å²) in [5.74, 6) is -0.482. The highest BCUT2D eigenvalue weighted by atomic mass is 19.1. The fourth-order valence-corrected chi connectivity index (χ4v) is 4.90. The highest BCUT2D eigenvalue weighted by molar-refractivity contribution is 6.01. The molecule has 2 N–H and O–H groups in total. The molecule has 1 fully saturated rings. The summed E-state index contributed by atoms with van der Waals surface area (Å²) in [6, 6.07) is 4.40. The lowest BCUT2D eigenvalue weighted by Gasteiger charge is -2.33. The highest BCUT2D eigenvalue weighted by Crippen LogP contribution is 2.32. The van der Waals surface area contributed by atoms with Crippen molar-refractivity contribution in [1.29, 1.82) is 0 Å². The third kappa shape index (κ3) is 4.84. The number of halogens is 1. The molecule has 2 aliphatic heterocycles. The number of H-pyrrole nitrogens is 1. The quantitative estimate of drug-likeness (QED) is 0.679. The first-order chi connectivity index (χ1) is 16.1. The summed E-state index contributed by atoms with van der Waals surface area (Å²) in [7, 11) is 3.75. The number of carbonyl (C=O) groups excluding carboxylic acids is 3. The predicted octanol–water partition coefficient (Wildman–Crippen LogP) is 2.14. The molecule has 0 aliphatic carbocycles. The van der Waals surface area contributed by atoms with Crippen molar-refractivity contribution in [3.8, 4) is 0 Å². The number of benzene rings is 1. The van der Waals surface area contributed by atoms with E-state index in [1.54, 1.807) is 11.0 Å². The summed E-state index contributed by atoms with van der Waals surface area (Å²) in [6.45, 7) is 5.67. The minimum atomic E-state index is -0.354. The van der Waals surface area contributed by atoms with Crippen LogP contribution in [0.5, 0.6) is 0 Å². The summed E-state index contributed by atoms with van der Waals surface area (Å²) >= 11 is 0. The smallest absolute Gasteiger partial charge is 0.253 e. The summed E-state index contributed by atoms with van der Waals surface area (Å²) < 4.78 is 13.6. The number of nitrogens with one attached hydrogen (secondary N) is 2. The molecule has 182 valence electrons. The first-order valence-electron chi connectivity index (χ1n) is 11.6. The minimum Gasteiger partial charge on any atom is -0.360 e. The highest BCUT2D eigenvalue weighted by Gasteiger charge is 2.30. The van der Waals surface area contributed by atoms with Crippen molar-refractivity contribution in [3.63, 3.8) is 0 Å². The van der Waals surface area contributed by atoms with E-state index in [1.165, 1.54) is 12.1 Å². The van der Waals surface area contributed by atoms with Crippen LogP contribution in [0.4, 0.5) is 10.1 Å². The van der Waals surface area contributed by atoms with Gasteiger partial charge in [0, 0.05) is 36.2 Å². The molecule has 34 heavy (non-hydrogen) atoms. The topological polar surface area (TPSA) is 88.7 Å². The normalized spacial score (nSPS) is 16.4. The fraction of sp³-hybridized carbons (Fsp3) is 0.480. The monoisotopic (exact) mass is 469 g/mol. The van der Waals surface area contributed by atoms with Gasteiger partial charge in [0.2, 0.25) is 11.8 Å². The Morgan fingerprint density at radius 1 is 1.21 bits per heavy atom. The zero-order valence-corrected chi connectivity index (χ0v) is 20.2. The van der Waals surface area contributed by atoms with E-state index in [1.807, 2.05) is 37.7 Å². The maximum Gasteiger partial charge on any atom is 0.253 e. The molecule has 1 aromatic heterocycles. The number of amides is 3. The molecule has 4 rings (SSSR count). The molecule has 8 nitrogen and oxygen atoms in total. The van der Waals surface area contributed by atoms with Crippen molar-refractivity contribution >= 4 is 23.4 Å². The lowest BCUT2D eigenvalue weighted by molar-refractivity contribution is -0.132. The zero-order chi connectivity index (χ0) is 24.6. The number of fused-ring (bicyclic) bond motifs is 1. The molecule has 1 saturated heterocycles. The van der Waals surface area contributed by atoms with E-state index >= 15 is 0 Å². The number of hydrogen-bond donors (Lipinski definition) is 2. The number of likely N-dealkylation sites (tertiary alicyclic amines) is 1. The Morgan fingerprint density at radius 3 is 2.59 bits per heavy atom. The van der Waals surface area contributed by atoms with Crippen molar-refractivity contribution in [2.45, 2.75) is 45.7 Å². The molecule has 0 unspecified atom stereocenters. The van der Waals surface area contributed by atoms with Gasteiger partial charge >= 0.3 is 0 Å². The molecule has 0 atom stereocenters. The van der Waals surface area contributed by atoms with E-state index in [0.29, 0.717) is 43.0 Å². The van der Waals surface area contributed by atoms with E-state index in [2.05, 4.69) is 10.3 Å². The molecular formula is C25H32FN5O3. The van der Waals surface area contributed by atoms with Crippen molar-refractivity contribution in [1.82, 2.24) is 20.1 Å². The summed E-state index contributed by atoms with van der Waals surface area (Å²) in [5, 5.41) is 3.13. The summed E-state index contributed by atoms with van der Waals surface area (Å²) in [5.41, 5.74) is 4.31. The van der Waals surface area contributed by atoms with Crippen LogP contribution in [-0.4, -0.2) is 72.3 Å². The van der Waals surface area contributed by atoms with Gasteiger partial charge in [0.25, 0.3) is 5.91 Å². The van der Waals surface area contributed by atoms with Crippen molar-refractivity contribution in [3.05, 3.63) is 52.1 Å². The first-order valence-corrected chi connectivity index (χ1v) is 11.6. The lowest BCUT2D eigenvalue weighted by atomic mass is 10.0. The fourth-order valence-electron chi connectivity index (χ4n) is 4.90. The summed E-state index contributed by atoms with van der Waals surface area (Å²) in [6.07, 6.45) is 1.61. The Kier molecular flexibility index (Phi) is 6.74. The molecule has 9 heteroatoms. The van der Waals surface area contributed by atoms with Crippen molar-refractivity contribution in [2.24, 2.45) is 0 Å². The number of anilines is 1. The van der Waals surface area contributed by atoms with Gasteiger partial charge in [0.1, 0.15) is 5.82 Å². The number of aromatic amines is 1. The van der Waals surface area contributed by atoms with Gasteiger partial charge in [-0.3, -0.25) is 14.4 Å². The second-order valence-electron chi connectivity index (χ2n) is 9.52. The van der Waals surface area contributed by atoms with Gasteiger partial charge in [0.15, 0.2) is 0 Å². The van der Waals surface area contributed by atoms with Crippen LogP contribution in [0, 0.1) is 19.7 Å². The van der Waals surface area contributed by atoms with Gasteiger partial charge in [-0.2, -0.15) is 0 Å². The molecule has 0 saturated carbocycles. The number of piperidine rings is 1. The van der Waals surface area contributed by atoms with Gasteiger partial charge < -0.3 is 25.0 Å². The maximum absolute atomic E-state index is 13.6. The third-order valence-corrected chi connectivity index (χ3v) is 6.69. The Morgan fingerprint density at radius 2 is 1.91 bits per heavy atom. The molecule has 3 amide bonds. The Hall–Kier alpha value is -3.20. The van der Waals surface area contributed by atoms with Crippen LogP contribution in [-0.2, 0) is 22.6 Å². The van der Waals surface area contributed by atoms with Crippen molar-refractivity contribution in [2.75, 3.05) is 38.6 Å². The van der Waals surface area contributed by atoms with Crippen LogP contribution >= 0.6 is 0 Å². The van der Waals surface area contributed by atoms with E-state index in [-0.39, 0.29) is 36.0 Å². The molecule has 0 spiro atoms. The predicted molar refractivity (Wildman–Crippen MR) is 127 cm³/mol. The van der Waals surface area contributed by atoms with Crippen LogP contribution in [0.3, 0.4) is 0 Å². The molecule has 0 bridgehead atoms. The van der Waals surface area contributed by atoms with E-state index in [9.17, 15) is 18.8 Å². The number of aromatic nitrogens is 1. The number of likely N-dealkylation sites (N-methyl/N-ethyl adjacent to an activating group) is 1. The number of carbonyl (C=O) groups is 3. The Balaban J connectivity index is 1.41. The molecule has 1 aromatic carbocycles. The maximum atomic E-state index is 13.6. The van der Waals surface area contributed by atoms with Gasteiger partial charge in [-0.05, 0) is 70.1 Å². The minimum absolute atomic E-state index is 0.00925. The van der Waals surface area contributed by atoms with Crippen molar-refractivity contribution < 1.29 is 18.8 Å². The third-order valence-electron chi connectivity index (χ3n) is 6.69. The van der Waals surface area contributed by atoms with E-state index < -0.39 is 0 Å². The second-order valence-corrected chi connectivity index (χ2v) is 9.52. The van der Waals surface area contributed by atoms with Gasteiger partial charge in [-0.25, -0.2) is 4.39 Å². The largest absolute Gasteiger partial charge is 0.360 e. The SMILES string of the molecule is Cc1[nH]c(CN2C(=O)Cc3cc(F)ccc32)c(C)c1C(=O)NC1CCN(C(=O)CN(C)C)CC1. The Labute approximate surface area is 199 Å². The molecule has 0 radical (unpaired) electrons. The second kappa shape index (κ2) is 9.58. The van der Waals surface area contributed by atoms with Crippen LogP contribution in [0.25, 0.3) is 0 Å². The zero-order valence-electron chi connectivity index (χ0n) is 20.2. The van der Waals surface area contributed by atoms with Gasteiger partial charge in [-0.15, -0.1) is 0 Å². The number of nitrogens with zero attached hydrogens (tertiary/aromatic N) is 3. The molecule has 2 aliphatic rings. The average molecular weight is 470 g/mol. The van der Waals surface area contributed by atoms with Gasteiger partial charge in [0.05, 0.1) is 25.1 Å². The Bertz CT molecular complexity index is 1120. The van der Waals surface area contributed by atoms with Crippen LogP contribution in [0.15, 0.2) is 18.2 Å². The standard InChI is InChI=1S/C25H32FN5O3/c1-15-20(13-31-21-6-5-18(26)11-17(21)12-22(31)32)27-16(2)24(15)25(34)28-19-7-9-30(10-8-19)23(33)14-29(3)4/h5-6,11,19,27H,7-10,12-14H2,1-4H3,(H,28,34). The molecular weight excluding hydrogens is 437 g/mol. The molecule has 3 heterocycles. The first kappa shape index (κ1) is 23.9. The lowest BCUT2D eigenvalue weighted by Crippen LogP contribution is -2.48. The number of rotatable bonds is 6. The van der Waals surface area contributed by atoms with E-state index in [4.69, 9.17) is 0 Å². The number of hydrogen-bond acceptors (Lipinski definition) is 4. The van der Waals surface area contributed by atoms with Crippen LogP contribution in [0.2, 0.25) is 0 Å². The molecule has 2 aromatic rings. The van der Waals surface area contributed by atoms with Gasteiger partial charge in [-0.1, -0.05) is 0 Å². The van der Waals surface area contributed by atoms with Crippen LogP contribution in [0.1, 0.15) is 45.7 Å². The summed E-state index contributed by atoms with van der Waals surface area (Å²) in [4.78, 5) is 46.6. The average Bonchev–Trinajstić information content (AvgIpc) is 3.22. The van der Waals surface area contributed by atoms with Crippen LogP contribution < -0.4 is 10.2 Å². The van der Waals surface area contributed by atoms with E-state index in [0.717, 1.165) is 29.8 Å².